The predicted molar refractivity (Wildman–Crippen MR) is 143 cm³/mol. The molecule has 5 N–H and O–H groups in total. The average Bonchev–Trinajstić information content (AvgIpc) is 2.83. The Morgan fingerprint density at radius 3 is 2.47 bits per heavy atom. The first-order valence-corrected chi connectivity index (χ1v) is 11.6. The Bertz CT molecular complexity index is 1210. The van der Waals surface area contributed by atoms with Crippen LogP contribution in [-0.4, -0.2) is 29.7 Å². The minimum atomic E-state index is -0.120. The largest absolute Gasteiger partial charge is 0.402 e. The topological polar surface area (TPSA) is 102 Å². The normalized spacial score (nSPS) is 13.7. The van der Waals surface area contributed by atoms with Crippen LogP contribution in [-0.2, 0) is 7.05 Å². The highest BCUT2D eigenvalue weighted by Crippen LogP contribution is 2.29. The van der Waals surface area contributed by atoms with Crippen LogP contribution in [0.5, 0.6) is 0 Å². The zero-order valence-corrected chi connectivity index (χ0v) is 20.6. The van der Waals surface area contributed by atoms with Gasteiger partial charge in [-0.3, -0.25) is 4.79 Å². The van der Waals surface area contributed by atoms with E-state index < -0.39 is 0 Å². The molecule has 1 aromatic heterocycles. The molecule has 4 rings (SSSR count). The van der Waals surface area contributed by atoms with Crippen molar-refractivity contribution in [2.24, 2.45) is 18.7 Å². The molecule has 1 saturated heterocycles. The SMILES string of the molecule is C=C(N)C1CCN(c2ccc(NC)cc2C)CC1.Cc1c(N)cccc1-c1cn(C)c(=O)cn1. The summed E-state index contributed by atoms with van der Waals surface area (Å²) in [7, 11) is 3.65. The van der Waals surface area contributed by atoms with Crippen molar-refractivity contribution in [1.29, 1.82) is 0 Å². The van der Waals surface area contributed by atoms with Gasteiger partial charge in [0.1, 0.15) is 0 Å². The monoisotopic (exact) mass is 460 g/mol. The molecule has 7 heteroatoms. The van der Waals surface area contributed by atoms with E-state index in [1.165, 1.54) is 27.7 Å². The third-order valence-corrected chi connectivity index (χ3v) is 6.47. The lowest BCUT2D eigenvalue weighted by atomic mass is 9.94. The van der Waals surface area contributed by atoms with Gasteiger partial charge in [0.2, 0.25) is 0 Å². The number of nitrogens with one attached hydrogen (secondary N) is 1. The van der Waals surface area contributed by atoms with Crippen LogP contribution in [0, 0.1) is 19.8 Å². The van der Waals surface area contributed by atoms with Gasteiger partial charge in [-0.15, -0.1) is 0 Å². The molecule has 0 radical (unpaired) electrons. The van der Waals surface area contributed by atoms with E-state index in [9.17, 15) is 4.79 Å². The van der Waals surface area contributed by atoms with Crippen molar-refractivity contribution in [2.75, 3.05) is 36.1 Å². The lowest BCUT2D eigenvalue weighted by Crippen LogP contribution is -2.35. The van der Waals surface area contributed by atoms with Crippen molar-refractivity contribution in [2.45, 2.75) is 26.7 Å². The van der Waals surface area contributed by atoms with Gasteiger partial charge in [-0.2, -0.15) is 0 Å². The number of anilines is 3. The standard InChI is InChI=1S/C15H23N3.C12H13N3O/c1-11-10-14(17-3)4-5-15(11)18-8-6-13(7-9-18)12(2)16;1-8-9(4-3-5-10(8)13)11-7-15(2)12(16)6-14-11/h4-5,10,13,17H,2,6-9,16H2,1,3H3;3-7H,13H2,1-2H3. The quantitative estimate of drug-likeness (QED) is 0.508. The van der Waals surface area contributed by atoms with Gasteiger partial charge in [0.25, 0.3) is 5.56 Å². The Hall–Kier alpha value is -3.74. The molecule has 3 aromatic rings. The molecule has 0 aliphatic carbocycles. The van der Waals surface area contributed by atoms with Gasteiger partial charge in [0.15, 0.2) is 0 Å². The number of nitrogens with zero attached hydrogens (tertiary/aromatic N) is 3. The molecule has 0 saturated carbocycles. The fraction of sp³-hybridized carbons (Fsp3) is 0.333. The number of aromatic nitrogens is 2. The molecular formula is C27H36N6O. The van der Waals surface area contributed by atoms with E-state index in [1.54, 1.807) is 13.2 Å². The summed E-state index contributed by atoms with van der Waals surface area (Å²) in [5.41, 5.74) is 19.6. The molecule has 180 valence electrons. The third kappa shape index (κ3) is 5.78. The van der Waals surface area contributed by atoms with Crippen molar-refractivity contribution in [3.63, 3.8) is 0 Å². The van der Waals surface area contributed by atoms with Crippen LogP contribution in [0.3, 0.4) is 0 Å². The maximum atomic E-state index is 11.2. The minimum Gasteiger partial charge on any atom is -0.402 e. The molecule has 34 heavy (non-hydrogen) atoms. The van der Waals surface area contributed by atoms with Gasteiger partial charge in [0, 0.05) is 67.6 Å². The Kier molecular flexibility index (Phi) is 7.99. The first-order chi connectivity index (χ1) is 16.2. The number of nitrogen functional groups attached to an aromatic ring is 1. The number of hydrogen-bond acceptors (Lipinski definition) is 6. The summed E-state index contributed by atoms with van der Waals surface area (Å²) < 4.78 is 1.50. The second-order valence-corrected chi connectivity index (χ2v) is 8.83. The van der Waals surface area contributed by atoms with Crippen LogP contribution in [0.15, 0.2) is 65.9 Å². The summed E-state index contributed by atoms with van der Waals surface area (Å²) in [5.74, 6) is 0.498. The fourth-order valence-corrected chi connectivity index (χ4v) is 4.22. The molecule has 2 aromatic carbocycles. The lowest BCUT2D eigenvalue weighted by Gasteiger charge is -2.34. The highest BCUT2D eigenvalue weighted by atomic mass is 16.1. The van der Waals surface area contributed by atoms with E-state index in [0.29, 0.717) is 5.92 Å². The Morgan fingerprint density at radius 2 is 1.88 bits per heavy atom. The number of aryl methyl sites for hydroxylation is 2. The van der Waals surface area contributed by atoms with Crippen LogP contribution in [0.1, 0.15) is 24.0 Å². The van der Waals surface area contributed by atoms with Crippen LogP contribution in [0.25, 0.3) is 11.3 Å². The summed E-state index contributed by atoms with van der Waals surface area (Å²) in [6.07, 6.45) is 5.26. The summed E-state index contributed by atoms with van der Waals surface area (Å²) in [6, 6.07) is 12.2. The second kappa shape index (κ2) is 10.9. The summed E-state index contributed by atoms with van der Waals surface area (Å²) in [4.78, 5) is 17.8. The molecule has 0 unspecified atom stereocenters. The number of allylic oxidation sites excluding steroid dienone is 1. The van der Waals surface area contributed by atoms with E-state index in [4.69, 9.17) is 11.5 Å². The molecule has 0 atom stereocenters. The molecule has 0 spiro atoms. The number of rotatable bonds is 4. The molecule has 1 aliphatic heterocycles. The second-order valence-electron chi connectivity index (χ2n) is 8.83. The number of hydrogen-bond donors (Lipinski definition) is 3. The number of nitrogens with two attached hydrogens (primary N) is 2. The maximum Gasteiger partial charge on any atom is 0.268 e. The van der Waals surface area contributed by atoms with E-state index in [0.717, 1.165) is 54.1 Å². The molecule has 2 heterocycles. The lowest BCUT2D eigenvalue weighted by molar-refractivity contribution is 0.456. The van der Waals surface area contributed by atoms with Gasteiger partial charge in [-0.25, -0.2) is 4.98 Å². The van der Waals surface area contributed by atoms with Crippen molar-refractivity contribution >= 4 is 17.1 Å². The first kappa shape index (κ1) is 24.9. The van der Waals surface area contributed by atoms with E-state index >= 15 is 0 Å². The first-order valence-electron chi connectivity index (χ1n) is 11.6. The highest BCUT2D eigenvalue weighted by Gasteiger charge is 2.21. The zero-order chi connectivity index (χ0) is 24.8. The van der Waals surface area contributed by atoms with Gasteiger partial charge in [-0.05, 0) is 62.1 Å². The van der Waals surface area contributed by atoms with E-state index in [-0.39, 0.29) is 5.56 Å². The summed E-state index contributed by atoms with van der Waals surface area (Å²) >= 11 is 0. The molecule has 0 bridgehead atoms. The van der Waals surface area contributed by atoms with Crippen molar-refractivity contribution in [1.82, 2.24) is 9.55 Å². The highest BCUT2D eigenvalue weighted by molar-refractivity contribution is 5.69. The van der Waals surface area contributed by atoms with Gasteiger partial charge >= 0.3 is 0 Å². The van der Waals surface area contributed by atoms with Gasteiger partial charge in [-0.1, -0.05) is 18.7 Å². The summed E-state index contributed by atoms with van der Waals surface area (Å²) in [6.45, 7) is 10.1. The van der Waals surface area contributed by atoms with Crippen LogP contribution >= 0.6 is 0 Å². The Balaban J connectivity index is 0.000000192. The third-order valence-electron chi connectivity index (χ3n) is 6.47. The van der Waals surface area contributed by atoms with Crippen molar-refractivity contribution in [3.8, 4) is 11.3 Å². The van der Waals surface area contributed by atoms with Crippen molar-refractivity contribution in [3.05, 3.63) is 82.5 Å². The van der Waals surface area contributed by atoms with E-state index in [2.05, 4.69) is 46.9 Å². The zero-order valence-electron chi connectivity index (χ0n) is 20.6. The Labute approximate surface area is 202 Å². The molecule has 0 amide bonds. The van der Waals surface area contributed by atoms with Crippen molar-refractivity contribution < 1.29 is 0 Å². The molecule has 1 fully saturated rings. The molecular weight excluding hydrogens is 424 g/mol. The van der Waals surface area contributed by atoms with Gasteiger partial charge in [0.05, 0.1) is 11.9 Å². The van der Waals surface area contributed by atoms with Crippen LogP contribution in [0.4, 0.5) is 17.1 Å². The summed E-state index contributed by atoms with van der Waals surface area (Å²) in [5, 5.41) is 3.17. The van der Waals surface area contributed by atoms with Crippen LogP contribution in [0.2, 0.25) is 0 Å². The van der Waals surface area contributed by atoms with Gasteiger partial charge < -0.3 is 26.3 Å². The minimum absolute atomic E-state index is 0.120. The smallest absolute Gasteiger partial charge is 0.268 e. The molecule has 1 aliphatic rings. The average molecular weight is 461 g/mol. The fourth-order valence-electron chi connectivity index (χ4n) is 4.22. The Morgan fingerprint density at radius 1 is 1.18 bits per heavy atom. The predicted octanol–water partition coefficient (Wildman–Crippen LogP) is 4.06. The molecule has 7 nitrogen and oxygen atoms in total. The number of piperidine rings is 1. The van der Waals surface area contributed by atoms with E-state index in [1.807, 2.05) is 32.2 Å². The van der Waals surface area contributed by atoms with Crippen LogP contribution < -0.4 is 27.2 Å². The maximum absolute atomic E-state index is 11.2. The number of benzene rings is 2.